The topological polar surface area (TPSA) is 42.1 Å². The minimum Gasteiger partial charge on any atom is -0.383 e. The molecule has 0 amide bonds. The van der Waals surface area contributed by atoms with E-state index in [4.69, 9.17) is 5.73 Å². The van der Waals surface area contributed by atoms with Crippen LogP contribution < -0.4 is 5.73 Å². The summed E-state index contributed by atoms with van der Waals surface area (Å²) in [5.41, 5.74) is 7.17. The van der Waals surface area contributed by atoms with Gasteiger partial charge in [-0.15, -0.1) is 0 Å². The smallest absolute Gasteiger partial charge is 0.129 e. The first kappa shape index (κ1) is 16.8. The van der Waals surface area contributed by atoms with Gasteiger partial charge in [0.25, 0.3) is 0 Å². The van der Waals surface area contributed by atoms with Gasteiger partial charge in [-0.05, 0) is 56.3 Å². The Kier molecular flexibility index (Phi) is 5.41. The Morgan fingerprint density at radius 2 is 1.96 bits per heavy atom. The largest absolute Gasteiger partial charge is 0.383 e. The summed E-state index contributed by atoms with van der Waals surface area (Å²) in [6, 6.07) is 7.97. The highest BCUT2D eigenvalue weighted by Gasteiger charge is 2.21. The molecule has 2 aromatic rings. The minimum absolute atomic E-state index is 0.214. The Balaban J connectivity index is 1.57. The summed E-state index contributed by atoms with van der Waals surface area (Å²) in [4.78, 5) is 6.49. The predicted molar refractivity (Wildman–Crippen MR) is 91.3 cm³/mol. The standard InChI is InChI=1S/C19H23F2N3/c20-17-6-1-7-18(21)16(17)9-8-14-4-3-11-24(12-14)13-15-5-2-10-23-19(15)22/h1-2,5-7,10,14H,3-4,8-9,11-13H2,(H2,22,23)/t14-/m0/s1. The van der Waals surface area contributed by atoms with Gasteiger partial charge in [-0.25, -0.2) is 13.8 Å². The fourth-order valence-corrected chi connectivity index (χ4v) is 3.48. The van der Waals surface area contributed by atoms with Crippen molar-refractivity contribution in [3.05, 3.63) is 59.3 Å². The number of nitrogen functional groups attached to an aromatic ring is 1. The van der Waals surface area contributed by atoms with E-state index in [2.05, 4.69) is 9.88 Å². The quantitative estimate of drug-likeness (QED) is 0.906. The van der Waals surface area contributed by atoms with Crippen LogP contribution in [0.25, 0.3) is 0 Å². The summed E-state index contributed by atoms with van der Waals surface area (Å²) in [6.07, 6.45) is 5.16. The number of piperidine rings is 1. The molecule has 1 fully saturated rings. The number of nitrogens with two attached hydrogens (primary N) is 1. The number of aromatic nitrogens is 1. The van der Waals surface area contributed by atoms with Crippen LogP contribution in [0.3, 0.4) is 0 Å². The van der Waals surface area contributed by atoms with Crippen molar-refractivity contribution in [2.75, 3.05) is 18.8 Å². The molecule has 2 heterocycles. The van der Waals surface area contributed by atoms with Gasteiger partial charge in [0, 0.05) is 30.4 Å². The highest BCUT2D eigenvalue weighted by molar-refractivity contribution is 5.38. The first-order valence-electron chi connectivity index (χ1n) is 8.48. The van der Waals surface area contributed by atoms with Crippen molar-refractivity contribution in [1.29, 1.82) is 0 Å². The summed E-state index contributed by atoms with van der Waals surface area (Å²) in [5.74, 6) is 0.153. The molecule has 0 saturated carbocycles. The highest BCUT2D eigenvalue weighted by atomic mass is 19.1. The Bertz CT molecular complexity index is 670. The van der Waals surface area contributed by atoms with Gasteiger partial charge in [0.15, 0.2) is 0 Å². The van der Waals surface area contributed by atoms with E-state index in [0.29, 0.717) is 18.2 Å². The summed E-state index contributed by atoms with van der Waals surface area (Å²) in [5, 5.41) is 0. The van der Waals surface area contributed by atoms with Gasteiger partial charge in [-0.3, -0.25) is 4.90 Å². The number of pyridine rings is 1. The lowest BCUT2D eigenvalue weighted by Crippen LogP contribution is -2.35. The van der Waals surface area contributed by atoms with E-state index in [0.717, 1.165) is 44.5 Å². The van der Waals surface area contributed by atoms with Crippen molar-refractivity contribution in [2.45, 2.75) is 32.2 Å². The Hall–Kier alpha value is -2.01. The zero-order chi connectivity index (χ0) is 16.9. The summed E-state index contributed by atoms with van der Waals surface area (Å²) in [7, 11) is 0. The van der Waals surface area contributed by atoms with Crippen molar-refractivity contribution < 1.29 is 8.78 Å². The van der Waals surface area contributed by atoms with Crippen LogP contribution in [0.2, 0.25) is 0 Å². The van der Waals surface area contributed by atoms with Gasteiger partial charge in [-0.2, -0.15) is 0 Å². The second-order valence-electron chi connectivity index (χ2n) is 6.53. The lowest BCUT2D eigenvalue weighted by Gasteiger charge is -2.33. The molecule has 128 valence electrons. The molecule has 1 atom stereocenters. The molecule has 3 nitrogen and oxygen atoms in total. The molecular formula is C19H23F2N3. The van der Waals surface area contributed by atoms with Crippen LogP contribution in [-0.4, -0.2) is 23.0 Å². The average molecular weight is 331 g/mol. The number of benzene rings is 1. The van der Waals surface area contributed by atoms with E-state index in [1.807, 2.05) is 12.1 Å². The second kappa shape index (κ2) is 7.71. The van der Waals surface area contributed by atoms with Crippen molar-refractivity contribution >= 4 is 5.82 Å². The van der Waals surface area contributed by atoms with E-state index >= 15 is 0 Å². The third kappa shape index (κ3) is 4.09. The minimum atomic E-state index is -0.439. The molecule has 0 aliphatic carbocycles. The molecular weight excluding hydrogens is 308 g/mol. The molecule has 1 aromatic carbocycles. The van der Waals surface area contributed by atoms with E-state index in [1.165, 1.54) is 18.2 Å². The highest BCUT2D eigenvalue weighted by Crippen LogP contribution is 2.25. The maximum Gasteiger partial charge on any atom is 0.129 e. The van der Waals surface area contributed by atoms with Gasteiger partial charge in [0.05, 0.1) is 0 Å². The van der Waals surface area contributed by atoms with Crippen LogP contribution >= 0.6 is 0 Å². The summed E-state index contributed by atoms with van der Waals surface area (Å²) < 4.78 is 27.5. The molecule has 1 aliphatic heterocycles. The van der Waals surface area contributed by atoms with E-state index < -0.39 is 11.6 Å². The summed E-state index contributed by atoms with van der Waals surface area (Å²) in [6.45, 7) is 2.74. The number of anilines is 1. The van der Waals surface area contributed by atoms with Crippen LogP contribution in [0.5, 0.6) is 0 Å². The number of hydrogen-bond donors (Lipinski definition) is 1. The van der Waals surface area contributed by atoms with Gasteiger partial charge < -0.3 is 5.73 Å². The SMILES string of the molecule is Nc1ncccc1CN1CCC[C@@H](CCc2c(F)cccc2F)C1. The fraction of sp³-hybridized carbons (Fsp3) is 0.421. The molecule has 24 heavy (non-hydrogen) atoms. The number of hydrogen-bond acceptors (Lipinski definition) is 3. The molecule has 0 unspecified atom stereocenters. The predicted octanol–water partition coefficient (Wildman–Crippen LogP) is 3.79. The Morgan fingerprint density at radius 1 is 1.17 bits per heavy atom. The number of likely N-dealkylation sites (tertiary alicyclic amines) is 1. The molecule has 3 rings (SSSR count). The third-order valence-electron chi connectivity index (χ3n) is 4.79. The molecule has 1 aromatic heterocycles. The molecule has 0 spiro atoms. The van der Waals surface area contributed by atoms with Gasteiger partial charge in [-0.1, -0.05) is 12.1 Å². The van der Waals surface area contributed by atoms with Crippen LogP contribution in [0.4, 0.5) is 14.6 Å². The molecule has 2 N–H and O–H groups in total. The average Bonchev–Trinajstić information content (AvgIpc) is 2.57. The van der Waals surface area contributed by atoms with Crippen molar-refractivity contribution in [3.8, 4) is 0 Å². The molecule has 1 saturated heterocycles. The van der Waals surface area contributed by atoms with Crippen molar-refractivity contribution in [1.82, 2.24) is 9.88 Å². The van der Waals surface area contributed by atoms with E-state index in [9.17, 15) is 8.78 Å². The normalized spacial score (nSPS) is 18.7. The zero-order valence-electron chi connectivity index (χ0n) is 13.7. The van der Waals surface area contributed by atoms with E-state index in [1.54, 1.807) is 6.20 Å². The first-order chi connectivity index (χ1) is 11.6. The Labute approximate surface area is 141 Å². The molecule has 0 radical (unpaired) electrons. The summed E-state index contributed by atoms with van der Waals surface area (Å²) >= 11 is 0. The van der Waals surface area contributed by atoms with Crippen molar-refractivity contribution in [2.24, 2.45) is 5.92 Å². The molecule has 1 aliphatic rings. The number of rotatable bonds is 5. The van der Waals surface area contributed by atoms with Crippen LogP contribution in [0.1, 0.15) is 30.4 Å². The van der Waals surface area contributed by atoms with Gasteiger partial charge >= 0.3 is 0 Å². The lowest BCUT2D eigenvalue weighted by atomic mass is 9.91. The number of nitrogens with zero attached hydrogens (tertiary/aromatic N) is 2. The van der Waals surface area contributed by atoms with Crippen LogP contribution in [0, 0.1) is 17.6 Å². The third-order valence-corrected chi connectivity index (χ3v) is 4.79. The lowest BCUT2D eigenvalue weighted by molar-refractivity contribution is 0.161. The van der Waals surface area contributed by atoms with Crippen LogP contribution in [-0.2, 0) is 13.0 Å². The second-order valence-corrected chi connectivity index (χ2v) is 6.53. The molecule has 5 heteroatoms. The zero-order valence-corrected chi connectivity index (χ0v) is 13.7. The first-order valence-corrected chi connectivity index (χ1v) is 8.48. The van der Waals surface area contributed by atoms with Crippen molar-refractivity contribution in [3.63, 3.8) is 0 Å². The van der Waals surface area contributed by atoms with E-state index in [-0.39, 0.29) is 5.56 Å². The maximum absolute atomic E-state index is 13.7. The van der Waals surface area contributed by atoms with Gasteiger partial charge in [0.2, 0.25) is 0 Å². The molecule has 0 bridgehead atoms. The maximum atomic E-state index is 13.7. The monoisotopic (exact) mass is 331 g/mol. The van der Waals surface area contributed by atoms with Crippen LogP contribution in [0.15, 0.2) is 36.5 Å². The number of halogens is 2. The Morgan fingerprint density at radius 3 is 2.71 bits per heavy atom. The van der Waals surface area contributed by atoms with Gasteiger partial charge in [0.1, 0.15) is 17.5 Å². The fourth-order valence-electron chi connectivity index (χ4n) is 3.48.